The molecule has 0 fully saturated rings. The lowest BCUT2D eigenvalue weighted by molar-refractivity contribution is -0.142. The summed E-state index contributed by atoms with van der Waals surface area (Å²) in [4.78, 5) is 40.2. The van der Waals surface area contributed by atoms with Gasteiger partial charge in [0.05, 0.1) is 0 Å². The van der Waals surface area contributed by atoms with Gasteiger partial charge in [-0.05, 0) is 42.0 Å². The largest absolute Gasteiger partial charge is 0.376 e. The number of anilines is 1. The van der Waals surface area contributed by atoms with Crippen molar-refractivity contribution in [2.45, 2.75) is 19.4 Å². The Kier molecular flexibility index (Phi) is 6.95. The van der Waals surface area contributed by atoms with Gasteiger partial charge in [-0.25, -0.2) is 4.39 Å². The lowest BCUT2D eigenvalue weighted by atomic mass is 9.71. The van der Waals surface area contributed by atoms with Crippen molar-refractivity contribution < 1.29 is 23.9 Å². The van der Waals surface area contributed by atoms with E-state index >= 15 is 0 Å². The van der Waals surface area contributed by atoms with E-state index in [1.54, 1.807) is 62.4 Å². The van der Waals surface area contributed by atoms with Crippen molar-refractivity contribution >= 4 is 23.2 Å². The summed E-state index contributed by atoms with van der Waals surface area (Å²) in [5.41, 5.74) is -2.01. The highest BCUT2D eigenvalue weighted by molar-refractivity contribution is 6.16. The summed E-state index contributed by atoms with van der Waals surface area (Å²) < 4.78 is 13.4. The molecule has 3 rings (SSSR count). The van der Waals surface area contributed by atoms with Gasteiger partial charge in [-0.15, -0.1) is 0 Å². The molecule has 0 aromatic heterocycles. The molecule has 0 aliphatic rings. The Morgan fingerprint density at radius 3 is 1.91 bits per heavy atom. The molecule has 1 amide bonds. The highest BCUT2D eigenvalue weighted by Gasteiger charge is 2.53. The summed E-state index contributed by atoms with van der Waals surface area (Å²) in [6.07, 6.45) is 0. The Balaban J connectivity index is 2.17. The van der Waals surface area contributed by atoms with E-state index in [2.05, 4.69) is 5.32 Å². The van der Waals surface area contributed by atoms with Crippen LogP contribution in [-0.2, 0) is 15.2 Å². The minimum Gasteiger partial charge on any atom is -0.376 e. The van der Waals surface area contributed by atoms with Crippen LogP contribution < -0.4 is 5.32 Å². The quantitative estimate of drug-likeness (QED) is 0.408. The number of carbonyl (C=O) groups excluding carboxylic acids is 3. The van der Waals surface area contributed by atoms with E-state index < -0.39 is 40.7 Å². The summed E-state index contributed by atoms with van der Waals surface area (Å²) in [7, 11) is 0. The molecule has 32 heavy (non-hydrogen) atoms. The van der Waals surface area contributed by atoms with E-state index in [9.17, 15) is 23.9 Å². The van der Waals surface area contributed by atoms with Crippen molar-refractivity contribution in [3.63, 3.8) is 0 Å². The topological polar surface area (TPSA) is 83.5 Å². The molecule has 2 N–H and O–H groups in total. The molecule has 164 valence electrons. The fraction of sp³-hybridized carbons (Fsp3) is 0.192. The van der Waals surface area contributed by atoms with Gasteiger partial charge in [0.15, 0.2) is 17.2 Å². The first-order valence-electron chi connectivity index (χ1n) is 10.2. The van der Waals surface area contributed by atoms with Gasteiger partial charge in [0.1, 0.15) is 11.7 Å². The Morgan fingerprint density at radius 2 is 1.38 bits per heavy atom. The molecule has 0 bridgehead atoms. The molecule has 0 radical (unpaired) electrons. The van der Waals surface area contributed by atoms with Crippen LogP contribution in [0.25, 0.3) is 0 Å². The number of para-hydroxylation sites is 1. The average Bonchev–Trinajstić information content (AvgIpc) is 2.80. The Hall–Kier alpha value is -3.64. The zero-order chi connectivity index (χ0) is 23.3. The zero-order valence-corrected chi connectivity index (χ0v) is 17.8. The van der Waals surface area contributed by atoms with Crippen LogP contribution in [0.5, 0.6) is 0 Å². The van der Waals surface area contributed by atoms with Crippen molar-refractivity contribution in [2.24, 2.45) is 11.8 Å². The van der Waals surface area contributed by atoms with Crippen LogP contribution in [0.3, 0.4) is 0 Å². The molecule has 5 nitrogen and oxygen atoms in total. The van der Waals surface area contributed by atoms with E-state index in [0.29, 0.717) is 5.69 Å². The third kappa shape index (κ3) is 4.65. The van der Waals surface area contributed by atoms with Gasteiger partial charge in [-0.2, -0.15) is 0 Å². The summed E-state index contributed by atoms with van der Waals surface area (Å²) in [5.74, 6) is -5.20. The predicted octanol–water partition coefficient (Wildman–Crippen LogP) is 4.38. The third-order valence-electron chi connectivity index (χ3n) is 5.24. The summed E-state index contributed by atoms with van der Waals surface area (Å²) in [5, 5.41) is 14.5. The van der Waals surface area contributed by atoms with Gasteiger partial charge < -0.3 is 10.4 Å². The third-order valence-corrected chi connectivity index (χ3v) is 5.24. The van der Waals surface area contributed by atoms with Crippen LogP contribution in [0, 0.1) is 17.7 Å². The number of carbonyl (C=O) groups is 3. The van der Waals surface area contributed by atoms with Crippen molar-refractivity contribution in [3.05, 3.63) is 102 Å². The number of hydrogen-bond acceptors (Lipinski definition) is 4. The molecular formula is C26H24FNO4. The average molecular weight is 433 g/mol. The first-order valence-corrected chi connectivity index (χ1v) is 10.2. The second-order valence-corrected chi connectivity index (χ2v) is 7.81. The maximum atomic E-state index is 13.6. The van der Waals surface area contributed by atoms with Gasteiger partial charge in [0.2, 0.25) is 5.91 Å². The highest BCUT2D eigenvalue weighted by Crippen LogP contribution is 2.36. The van der Waals surface area contributed by atoms with Gasteiger partial charge in [0.25, 0.3) is 0 Å². The van der Waals surface area contributed by atoms with Gasteiger partial charge in [-0.1, -0.05) is 62.4 Å². The lowest BCUT2D eigenvalue weighted by Gasteiger charge is -2.34. The Morgan fingerprint density at radius 1 is 0.844 bits per heavy atom. The zero-order valence-electron chi connectivity index (χ0n) is 17.8. The van der Waals surface area contributed by atoms with Crippen LogP contribution in [0.1, 0.15) is 29.8 Å². The number of hydrogen-bond donors (Lipinski definition) is 2. The van der Waals surface area contributed by atoms with Gasteiger partial charge in [0, 0.05) is 17.2 Å². The predicted molar refractivity (Wildman–Crippen MR) is 119 cm³/mol. The number of halogens is 1. The SMILES string of the molecule is CC(C)C(=O)C(C(=O)Nc1ccccc1)C(O)(C(=O)c1ccc(F)cc1)c1ccccc1. The fourth-order valence-electron chi connectivity index (χ4n) is 3.54. The lowest BCUT2D eigenvalue weighted by Crippen LogP contribution is -2.53. The molecule has 0 saturated carbocycles. The molecule has 6 heteroatoms. The maximum absolute atomic E-state index is 13.6. The molecule has 3 aromatic carbocycles. The second-order valence-electron chi connectivity index (χ2n) is 7.81. The normalized spacial score (nSPS) is 13.8. The Bertz CT molecular complexity index is 1100. The van der Waals surface area contributed by atoms with E-state index in [1.807, 2.05) is 0 Å². The van der Waals surface area contributed by atoms with Gasteiger partial charge >= 0.3 is 0 Å². The van der Waals surface area contributed by atoms with Crippen molar-refractivity contribution in [2.75, 3.05) is 5.32 Å². The van der Waals surface area contributed by atoms with Crippen LogP contribution >= 0.6 is 0 Å². The number of Topliss-reactive ketones (excluding diaryl/α,β-unsaturated/α-hetero) is 2. The molecule has 0 spiro atoms. The maximum Gasteiger partial charge on any atom is 0.238 e. The first kappa shape index (κ1) is 23.0. The minimum atomic E-state index is -2.50. The number of aliphatic hydroxyl groups is 1. The molecular weight excluding hydrogens is 409 g/mol. The van der Waals surface area contributed by atoms with Crippen molar-refractivity contribution in [3.8, 4) is 0 Å². The molecule has 0 saturated heterocycles. The highest BCUT2D eigenvalue weighted by atomic mass is 19.1. The number of nitrogens with one attached hydrogen (secondary N) is 1. The number of benzene rings is 3. The summed E-state index contributed by atoms with van der Waals surface area (Å²) in [6, 6.07) is 20.9. The van der Waals surface area contributed by atoms with Crippen LogP contribution in [0.2, 0.25) is 0 Å². The number of rotatable bonds is 8. The number of ketones is 2. The van der Waals surface area contributed by atoms with Crippen LogP contribution in [0.15, 0.2) is 84.9 Å². The molecule has 3 aromatic rings. The van der Waals surface area contributed by atoms with E-state index in [1.165, 1.54) is 24.3 Å². The molecule has 0 aliphatic heterocycles. The van der Waals surface area contributed by atoms with Crippen LogP contribution in [-0.4, -0.2) is 22.6 Å². The smallest absolute Gasteiger partial charge is 0.238 e. The first-order chi connectivity index (χ1) is 15.2. The standard InChI is InChI=1S/C26H24FNO4/c1-17(2)23(29)22(25(31)28-21-11-7-4-8-12-21)26(32,19-9-5-3-6-10-19)24(30)18-13-15-20(27)16-14-18/h3-17,22,32H,1-2H3,(H,28,31). The van der Waals surface area contributed by atoms with Crippen molar-refractivity contribution in [1.29, 1.82) is 0 Å². The number of amides is 1. The Labute approximate surface area is 185 Å². The van der Waals surface area contributed by atoms with E-state index in [4.69, 9.17) is 0 Å². The summed E-state index contributed by atoms with van der Waals surface area (Å²) >= 11 is 0. The second kappa shape index (κ2) is 9.66. The fourth-order valence-corrected chi connectivity index (χ4v) is 3.54. The summed E-state index contributed by atoms with van der Waals surface area (Å²) in [6.45, 7) is 3.19. The van der Waals surface area contributed by atoms with Crippen molar-refractivity contribution in [1.82, 2.24) is 0 Å². The molecule has 0 heterocycles. The van der Waals surface area contributed by atoms with E-state index in [0.717, 1.165) is 12.1 Å². The minimum absolute atomic E-state index is 0.0215. The molecule has 2 atom stereocenters. The molecule has 0 aliphatic carbocycles. The monoisotopic (exact) mass is 433 g/mol. The molecule has 2 unspecified atom stereocenters. The van der Waals surface area contributed by atoms with E-state index in [-0.39, 0.29) is 11.1 Å². The van der Waals surface area contributed by atoms with Crippen LogP contribution in [0.4, 0.5) is 10.1 Å². The van der Waals surface area contributed by atoms with Gasteiger partial charge in [-0.3, -0.25) is 14.4 Å².